The monoisotopic (exact) mass is 345 g/mol. The first kappa shape index (κ1) is 16.4. The molecule has 4 aromatic rings. The predicted molar refractivity (Wildman–Crippen MR) is 108 cm³/mol. The minimum Gasteiger partial charge on any atom is -0.397 e. The number of nitrogens with zero attached hydrogens (tertiary/aromatic N) is 3. The first-order valence-electron chi connectivity index (χ1n) is 8.80. The van der Waals surface area contributed by atoms with Crippen LogP contribution in [0.2, 0.25) is 0 Å². The van der Waals surface area contributed by atoms with Crippen LogP contribution in [0.1, 0.15) is 36.5 Å². The predicted octanol–water partition coefficient (Wildman–Crippen LogP) is 4.45. The highest BCUT2D eigenvalue weighted by Gasteiger charge is 2.18. The lowest BCUT2D eigenvalue weighted by atomic mass is 9.87. The molecular formula is C21H23N5. The summed E-state index contributed by atoms with van der Waals surface area (Å²) in [5.41, 5.74) is 21.7. The smallest absolute Gasteiger partial charge is 0.150 e. The summed E-state index contributed by atoms with van der Waals surface area (Å²) < 4.78 is 1.92. The molecule has 2 heterocycles. The van der Waals surface area contributed by atoms with E-state index in [0.29, 0.717) is 17.4 Å². The van der Waals surface area contributed by atoms with Crippen LogP contribution in [0.5, 0.6) is 0 Å². The van der Waals surface area contributed by atoms with Gasteiger partial charge in [-0.15, -0.1) is 0 Å². The molecule has 0 radical (unpaired) electrons. The standard InChI is InChI=1S/C21H23N5/c1-11(2)14-6-5-12(3)18(13(14)4)15-7-8-16(22)20-19(15)25-21(23)17-9-24-10-26(17)20/h5-11H,22H2,1-4H3,(H2,23,25). The summed E-state index contributed by atoms with van der Waals surface area (Å²) in [6.07, 6.45) is 3.45. The quantitative estimate of drug-likeness (QED) is 0.526. The summed E-state index contributed by atoms with van der Waals surface area (Å²) in [6, 6.07) is 8.38. The molecule has 0 aliphatic rings. The molecule has 5 nitrogen and oxygen atoms in total. The Kier molecular flexibility index (Phi) is 3.61. The van der Waals surface area contributed by atoms with Crippen LogP contribution in [0.3, 0.4) is 0 Å². The molecule has 132 valence electrons. The van der Waals surface area contributed by atoms with Gasteiger partial charge in [-0.1, -0.05) is 26.0 Å². The molecule has 26 heavy (non-hydrogen) atoms. The summed E-state index contributed by atoms with van der Waals surface area (Å²) in [7, 11) is 0. The number of hydrogen-bond acceptors (Lipinski definition) is 4. The van der Waals surface area contributed by atoms with Gasteiger partial charge >= 0.3 is 0 Å². The van der Waals surface area contributed by atoms with Gasteiger partial charge in [0, 0.05) is 5.56 Å². The molecular weight excluding hydrogens is 322 g/mol. The first-order chi connectivity index (χ1) is 12.4. The molecule has 0 aliphatic carbocycles. The van der Waals surface area contributed by atoms with E-state index in [9.17, 15) is 0 Å². The molecule has 0 bridgehead atoms. The van der Waals surface area contributed by atoms with Crippen molar-refractivity contribution in [2.75, 3.05) is 11.5 Å². The van der Waals surface area contributed by atoms with Gasteiger partial charge in [-0.2, -0.15) is 0 Å². The Morgan fingerprint density at radius 1 is 1.04 bits per heavy atom. The highest BCUT2D eigenvalue weighted by atomic mass is 15.0. The summed E-state index contributed by atoms with van der Waals surface area (Å²) in [5, 5.41) is 0. The molecule has 0 unspecified atom stereocenters. The van der Waals surface area contributed by atoms with Gasteiger partial charge in [0.25, 0.3) is 0 Å². The van der Waals surface area contributed by atoms with Gasteiger partial charge in [-0.3, -0.25) is 4.40 Å². The highest BCUT2D eigenvalue weighted by molar-refractivity contribution is 6.02. The van der Waals surface area contributed by atoms with E-state index in [1.807, 2.05) is 16.5 Å². The number of imidazole rings is 1. The van der Waals surface area contributed by atoms with E-state index in [1.54, 1.807) is 12.5 Å². The normalized spacial score (nSPS) is 11.7. The van der Waals surface area contributed by atoms with E-state index >= 15 is 0 Å². The Morgan fingerprint density at radius 2 is 1.81 bits per heavy atom. The maximum Gasteiger partial charge on any atom is 0.150 e. The third kappa shape index (κ3) is 2.24. The number of anilines is 2. The van der Waals surface area contributed by atoms with Crippen LogP contribution in [0.25, 0.3) is 27.7 Å². The second kappa shape index (κ2) is 5.73. The summed E-state index contributed by atoms with van der Waals surface area (Å²) in [4.78, 5) is 8.92. The van der Waals surface area contributed by atoms with E-state index in [4.69, 9.17) is 16.5 Å². The minimum absolute atomic E-state index is 0.452. The Balaban J connectivity index is 2.16. The summed E-state index contributed by atoms with van der Waals surface area (Å²) >= 11 is 0. The van der Waals surface area contributed by atoms with Gasteiger partial charge in [0.1, 0.15) is 11.3 Å². The number of nitrogens with two attached hydrogens (primary N) is 2. The number of aryl methyl sites for hydroxylation is 1. The number of aromatic nitrogens is 3. The highest BCUT2D eigenvalue weighted by Crippen LogP contribution is 2.38. The second-order valence-electron chi connectivity index (χ2n) is 7.17. The molecule has 4 N–H and O–H groups in total. The molecule has 0 spiro atoms. The summed E-state index contributed by atoms with van der Waals surface area (Å²) in [6.45, 7) is 8.74. The molecule has 0 saturated carbocycles. The zero-order chi connectivity index (χ0) is 18.6. The number of hydrogen-bond donors (Lipinski definition) is 2. The van der Waals surface area contributed by atoms with E-state index in [0.717, 1.165) is 22.1 Å². The zero-order valence-electron chi connectivity index (χ0n) is 15.5. The molecule has 0 saturated heterocycles. The van der Waals surface area contributed by atoms with Gasteiger partial charge < -0.3 is 11.5 Å². The molecule has 2 aromatic carbocycles. The van der Waals surface area contributed by atoms with Crippen molar-refractivity contribution >= 4 is 28.1 Å². The summed E-state index contributed by atoms with van der Waals surface area (Å²) in [5.74, 6) is 0.907. The fourth-order valence-corrected chi connectivity index (χ4v) is 3.91. The van der Waals surface area contributed by atoms with E-state index in [1.165, 1.54) is 22.3 Å². The molecule has 0 amide bonds. The Hall–Kier alpha value is -3.08. The van der Waals surface area contributed by atoms with Crippen molar-refractivity contribution in [3.8, 4) is 11.1 Å². The number of rotatable bonds is 2. The average Bonchev–Trinajstić information content (AvgIpc) is 3.06. The largest absolute Gasteiger partial charge is 0.397 e. The van der Waals surface area contributed by atoms with Crippen LogP contribution in [-0.2, 0) is 0 Å². The molecule has 5 heteroatoms. The topological polar surface area (TPSA) is 82.2 Å². The third-order valence-electron chi connectivity index (χ3n) is 5.16. The Bertz CT molecular complexity index is 1150. The minimum atomic E-state index is 0.452. The average molecular weight is 345 g/mol. The molecule has 0 atom stereocenters. The van der Waals surface area contributed by atoms with Crippen molar-refractivity contribution in [3.63, 3.8) is 0 Å². The van der Waals surface area contributed by atoms with Gasteiger partial charge in [0.05, 0.1) is 29.2 Å². The van der Waals surface area contributed by atoms with Gasteiger partial charge in [-0.25, -0.2) is 9.97 Å². The van der Waals surface area contributed by atoms with Crippen LogP contribution in [-0.4, -0.2) is 14.4 Å². The van der Waals surface area contributed by atoms with Gasteiger partial charge in [0.2, 0.25) is 0 Å². The van der Waals surface area contributed by atoms with Crippen molar-refractivity contribution < 1.29 is 0 Å². The Labute approximate surface area is 152 Å². The van der Waals surface area contributed by atoms with Crippen molar-refractivity contribution in [1.29, 1.82) is 0 Å². The number of benzene rings is 2. The second-order valence-corrected chi connectivity index (χ2v) is 7.17. The van der Waals surface area contributed by atoms with Crippen LogP contribution in [0.4, 0.5) is 11.5 Å². The van der Waals surface area contributed by atoms with Crippen LogP contribution in [0.15, 0.2) is 36.8 Å². The van der Waals surface area contributed by atoms with E-state index in [2.05, 4.69) is 44.8 Å². The molecule has 4 rings (SSSR count). The van der Waals surface area contributed by atoms with Crippen molar-refractivity contribution in [2.24, 2.45) is 0 Å². The lowest BCUT2D eigenvalue weighted by molar-refractivity contribution is 0.856. The lowest BCUT2D eigenvalue weighted by Crippen LogP contribution is -2.03. The first-order valence-corrected chi connectivity index (χ1v) is 8.80. The van der Waals surface area contributed by atoms with Crippen molar-refractivity contribution in [3.05, 3.63) is 53.5 Å². The molecule has 0 fully saturated rings. The van der Waals surface area contributed by atoms with Crippen molar-refractivity contribution in [1.82, 2.24) is 14.4 Å². The fraction of sp³-hybridized carbons (Fsp3) is 0.238. The van der Waals surface area contributed by atoms with Crippen LogP contribution < -0.4 is 11.5 Å². The molecule has 0 aliphatic heterocycles. The third-order valence-corrected chi connectivity index (χ3v) is 5.16. The Morgan fingerprint density at radius 3 is 2.54 bits per heavy atom. The van der Waals surface area contributed by atoms with E-state index < -0.39 is 0 Å². The number of nitrogen functional groups attached to an aromatic ring is 2. The SMILES string of the molecule is Cc1ccc(C(C)C)c(C)c1-c1ccc(N)c2c1nc(N)c1cncn12. The maximum absolute atomic E-state index is 6.30. The van der Waals surface area contributed by atoms with Crippen molar-refractivity contribution in [2.45, 2.75) is 33.6 Å². The van der Waals surface area contributed by atoms with E-state index in [-0.39, 0.29) is 0 Å². The fourth-order valence-electron chi connectivity index (χ4n) is 3.91. The van der Waals surface area contributed by atoms with Gasteiger partial charge in [0.15, 0.2) is 0 Å². The van der Waals surface area contributed by atoms with Crippen LogP contribution >= 0.6 is 0 Å². The zero-order valence-corrected chi connectivity index (χ0v) is 15.5. The lowest BCUT2D eigenvalue weighted by Gasteiger charge is -2.19. The number of fused-ring (bicyclic) bond motifs is 3. The van der Waals surface area contributed by atoms with Gasteiger partial charge in [-0.05, 0) is 54.2 Å². The molecule has 2 aromatic heterocycles. The maximum atomic E-state index is 6.30. The van der Waals surface area contributed by atoms with Crippen LogP contribution in [0, 0.1) is 13.8 Å².